The number of nitrogens with one attached hydrogen (secondary N) is 1. The van der Waals surface area contributed by atoms with Crippen molar-refractivity contribution in [1.82, 2.24) is 10.2 Å². The number of ether oxygens (including phenoxy) is 1. The molecule has 4 heteroatoms. The Labute approximate surface area is 139 Å². The normalized spacial score (nSPS) is 23.7. The molecule has 2 aliphatic rings. The third kappa shape index (κ3) is 4.47. The summed E-state index contributed by atoms with van der Waals surface area (Å²) in [5.74, 6) is 0.692. The standard InChI is InChI=1S/C19H28N2O2/c1-15(18-8-5-13-23-18)20-19(22)21-11-9-17(10-12-21)14-16-6-3-2-4-7-16/h2-4,6-7,15,17-18H,5,8-14H2,1H3,(H,20,22)/t15-,18-/m0/s1. The molecule has 2 saturated heterocycles. The predicted octanol–water partition coefficient (Wildman–Crippen LogP) is 3.22. The van der Waals surface area contributed by atoms with Gasteiger partial charge in [-0.05, 0) is 50.5 Å². The van der Waals surface area contributed by atoms with Gasteiger partial charge in [0.2, 0.25) is 0 Å². The van der Waals surface area contributed by atoms with Crippen molar-refractivity contribution in [3.05, 3.63) is 35.9 Å². The highest BCUT2D eigenvalue weighted by Gasteiger charge is 2.27. The van der Waals surface area contributed by atoms with Crippen LogP contribution < -0.4 is 5.32 Å². The van der Waals surface area contributed by atoms with Crippen molar-refractivity contribution in [2.24, 2.45) is 5.92 Å². The topological polar surface area (TPSA) is 41.6 Å². The maximum atomic E-state index is 12.4. The lowest BCUT2D eigenvalue weighted by molar-refractivity contribution is 0.0819. The molecule has 23 heavy (non-hydrogen) atoms. The van der Waals surface area contributed by atoms with E-state index in [1.807, 2.05) is 4.90 Å². The molecule has 0 aromatic heterocycles. The second-order valence-electron chi connectivity index (χ2n) is 6.91. The van der Waals surface area contributed by atoms with E-state index in [0.29, 0.717) is 5.92 Å². The average molecular weight is 316 g/mol. The molecule has 2 fully saturated rings. The zero-order valence-electron chi connectivity index (χ0n) is 14.0. The monoisotopic (exact) mass is 316 g/mol. The molecule has 2 heterocycles. The largest absolute Gasteiger partial charge is 0.376 e. The fourth-order valence-corrected chi connectivity index (χ4v) is 3.66. The van der Waals surface area contributed by atoms with Gasteiger partial charge in [0.05, 0.1) is 12.1 Å². The Balaban J connectivity index is 1.42. The molecular formula is C19H28N2O2. The molecule has 2 atom stereocenters. The molecular weight excluding hydrogens is 288 g/mol. The van der Waals surface area contributed by atoms with Gasteiger partial charge in [-0.2, -0.15) is 0 Å². The van der Waals surface area contributed by atoms with Crippen molar-refractivity contribution in [2.45, 2.75) is 51.2 Å². The number of likely N-dealkylation sites (tertiary alicyclic amines) is 1. The van der Waals surface area contributed by atoms with Crippen LogP contribution in [0.4, 0.5) is 4.79 Å². The molecule has 0 unspecified atom stereocenters. The van der Waals surface area contributed by atoms with Crippen molar-refractivity contribution in [3.63, 3.8) is 0 Å². The first kappa shape index (κ1) is 16.3. The summed E-state index contributed by atoms with van der Waals surface area (Å²) in [5.41, 5.74) is 1.41. The van der Waals surface area contributed by atoms with E-state index in [4.69, 9.17) is 4.74 Å². The fraction of sp³-hybridized carbons (Fsp3) is 0.632. The maximum Gasteiger partial charge on any atom is 0.317 e. The number of hydrogen-bond acceptors (Lipinski definition) is 2. The molecule has 2 amide bonds. The highest BCUT2D eigenvalue weighted by atomic mass is 16.5. The minimum Gasteiger partial charge on any atom is -0.376 e. The average Bonchev–Trinajstić information content (AvgIpc) is 3.11. The van der Waals surface area contributed by atoms with Gasteiger partial charge >= 0.3 is 6.03 Å². The minimum absolute atomic E-state index is 0.0751. The molecule has 126 valence electrons. The van der Waals surface area contributed by atoms with Crippen LogP contribution in [0, 0.1) is 5.92 Å². The number of carbonyl (C=O) groups excluding carboxylic acids is 1. The van der Waals surface area contributed by atoms with Crippen LogP contribution in [-0.2, 0) is 11.2 Å². The zero-order chi connectivity index (χ0) is 16.1. The van der Waals surface area contributed by atoms with Gasteiger partial charge in [-0.15, -0.1) is 0 Å². The van der Waals surface area contributed by atoms with Gasteiger partial charge in [0.25, 0.3) is 0 Å². The highest BCUT2D eigenvalue weighted by molar-refractivity contribution is 5.74. The van der Waals surface area contributed by atoms with Crippen LogP contribution in [0.3, 0.4) is 0 Å². The summed E-state index contributed by atoms with van der Waals surface area (Å²) in [6.45, 7) is 4.61. The molecule has 0 bridgehead atoms. The Hall–Kier alpha value is -1.55. The number of hydrogen-bond donors (Lipinski definition) is 1. The van der Waals surface area contributed by atoms with Crippen molar-refractivity contribution >= 4 is 6.03 Å². The Kier molecular flexibility index (Phi) is 5.55. The third-order valence-electron chi connectivity index (χ3n) is 5.14. The first-order valence-electron chi connectivity index (χ1n) is 8.93. The Morgan fingerprint density at radius 3 is 2.65 bits per heavy atom. The second kappa shape index (κ2) is 7.82. The summed E-state index contributed by atoms with van der Waals surface area (Å²) >= 11 is 0. The molecule has 0 radical (unpaired) electrons. The van der Waals surface area contributed by atoms with Gasteiger partial charge in [0.1, 0.15) is 0 Å². The van der Waals surface area contributed by atoms with Gasteiger partial charge in [-0.1, -0.05) is 30.3 Å². The Bertz CT molecular complexity index is 491. The summed E-state index contributed by atoms with van der Waals surface area (Å²) in [6, 6.07) is 10.8. The van der Waals surface area contributed by atoms with E-state index in [-0.39, 0.29) is 18.2 Å². The van der Waals surface area contributed by atoms with Crippen molar-refractivity contribution in [2.75, 3.05) is 19.7 Å². The lowest BCUT2D eigenvalue weighted by atomic mass is 9.90. The summed E-state index contributed by atoms with van der Waals surface area (Å²) in [6.07, 6.45) is 5.67. The highest BCUT2D eigenvalue weighted by Crippen LogP contribution is 2.22. The number of rotatable bonds is 4. The van der Waals surface area contributed by atoms with E-state index < -0.39 is 0 Å². The molecule has 0 aliphatic carbocycles. The van der Waals surface area contributed by atoms with Crippen LogP contribution in [0.1, 0.15) is 38.2 Å². The van der Waals surface area contributed by atoms with Gasteiger partial charge in [0, 0.05) is 19.7 Å². The molecule has 0 saturated carbocycles. The molecule has 0 spiro atoms. The number of nitrogens with zero attached hydrogens (tertiary/aromatic N) is 1. The number of amides is 2. The summed E-state index contributed by atoms with van der Waals surface area (Å²) in [7, 11) is 0. The predicted molar refractivity (Wildman–Crippen MR) is 91.4 cm³/mol. The number of carbonyl (C=O) groups is 1. The van der Waals surface area contributed by atoms with E-state index in [1.54, 1.807) is 0 Å². The maximum absolute atomic E-state index is 12.4. The quantitative estimate of drug-likeness (QED) is 0.926. The van der Waals surface area contributed by atoms with Gasteiger partial charge in [-0.3, -0.25) is 0 Å². The molecule has 1 N–H and O–H groups in total. The van der Waals surface area contributed by atoms with Crippen molar-refractivity contribution in [3.8, 4) is 0 Å². The van der Waals surface area contributed by atoms with Crippen molar-refractivity contribution in [1.29, 1.82) is 0 Å². The number of benzene rings is 1. The molecule has 4 nitrogen and oxygen atoms in total. The van der Waals surface area contributed by atoms with Gasteiger partial charge < -0.3 is 15.0 Å². The van der Waals surface area contributed by atoms with Crippen LogP contribution >= 0.6 is 0 Å². The number of piperidine rings is 1. The third-order valence-corrected chi connectivity index (χ3v) is 5.14. The molecule has 1 aromatic carbocycles. The smallest absolute Gasteiger partial charge is 0.317 e. The zero-order valence-corrected chi connectivity index (χ0v) is 14.0. The Morgan fingerprint density at radius 1 is 1.26 bits per heavy atom. The lowest BCUT2D eigenvalue weighted by Gasteiger charge is -2.33. The first-order valence-corrected chi connectivity index (χ1v) is 8.93. The SMILES string of the molecule is C[C@H](NC(=O)N1CCC(Cc2ccccc2)CC1)[C@@H]1CCCO1. The van der Waals surface area contributed by atoms with Crippen LogP contribution in [0.15, 0.2) is 30.3 Å². The van der Waals surface area contributed by atoms with Crippen molar-refractivity contribution < 1.29 is 9.53 Å². The van der Waals surface area contributed by atoms with Crippen LogP contribution in [0.5, 0.6) is 0 Å². The Morgan fingerprint density at radius 2 is 2.00 bits per heavy atom. The van der Waals surface area contributed by atoms with Gasteiger partial charge in [0.15, 0.2) is 0 Å². The number of urea groups is 1. The van der Waals surface area contributed by atoms with Crippen LogP contribution in [0.2, 0.25) is 0 Å². The van der Waals surface area contributed by atoms with Crippen LogP contribution in [-0.4, -0.2) is 42.8 Å². The second-order valence-corrected chi connectivity index (χ2v) is 6.91. The fourth-order valence-electron chi connectivity index (χ4n) is 3.66. The minimum atomic E-state index is 0.0751. The lowest BCUT2D eigenvalue weighted by Crippen LogP contribution is -2.50. The van der Waals surface area contributed by atoms with E-state index in [1.165, 1.54) is 5.56 Å². The molecule has 2 aliphatic heterocycles. The van der Waals surface area contributed by atoms with E-state index in [2.05, 4.69) is 42.6 Å². The van der Waals surface area contributed by atoms with E-state index in [0.717, 1.165) is 51.8 Å². The van der Waals surface area contributed by atoms with Crippen LogP contribution in [0.25, 0.3) is 0 Å². The molecule has 3 rings (SSSR count). The van der Waals surface area contributed by atoms with E-state index >= 15 is 0 Å². The van der Waals surface area contributed by atoms with Gasteiger partial charge in [-0.25, -0.2) is 4.79 Å². The summed E-state index contributed by atoms with van der Waals surface area (Å²) < 4.78 is 5.65. The summed E-state index contributed by atoms with van der Waals surface area (Å²) in [5, 5.41) is 3.12. The van der Waals surface area contributed by atoms with E-state index in [9.17, 15) is 4.79 Å². The first-order chi connectivity index (χ1) is 11.2. The summed E-state index contributed by atoms with van der Waals surface area (Å²) in [4.78, 5) is 14.4. The molecule has 1 aromatic rings.